The van der Waals surface area contributed by atoms with Crippen LogP contribution >= 0.6 is 27.3 Å². The molecule has 0 saturated carbocycles. The minimum absolute atomic E-state index is 0.323. The summed E-state index contributed by atoms with van der Waals surface area (Å²) in [6.45, 7) is 0. The second-order valence-electron chi connectivity index (χ2n) is 3.65. The number of hydrogen-bond acceptors (Lipinski definition) is 3. The number of halogens is 2. The highest BCUT2D eigenvalue weighted by molar-refractivity contribution is 9.10. The van der Waals surface area contributed by atoms with Gasteiger partial charge < -0.3 is 0 Å². The highest BCUT2D eigenvalue weighted by atomic mass is 79.9. The number of aromatic nitrogens is 2. The van der Waals surface area contributed by atoms with E-state index in [1.54, 1.807) is 22.9 Å². The lowest BCUT2D eigenvalue weighted by molar-refractivity contribution is 0.111. The minimum atomic E-state index is -0.373. The standard InChI is InChI=1S/C12H6BrFN2OS/c13-7-4-9(14)11-10(5-7)18-12(15-11)16-3-1-2-8(16)6-17/h1-6H. The van der Waals surface area contributed by atoms with Crippen LogP contribution in [0.15, 0.2) is 34.9 Å². The lowest BCUT2D eigenvalue weighted by atomic mass is 10.3. The molecule has 1 aromatic carbocycles. The van der Waals surface area contributed by atoms with Crippen molar-refractivity contribution in [2.45, 2.75) is 0 Å². The normalized spacial score (nSPS) is 11.0. The summed E-state index contributed by atoms with van der Waals surface area (Å²) < 4.78 is 16.8. The van der Waals surface area contributed by atoms with Gasteiger partial charge in [0.2, 0.25) is 0 Å². The Bertz CT molecular complexity index is 750. The number of carbonyl (C=O) groups is 1. The number of rotatable bonds is 2. The van der Waals surface area contributed by atoms with E-state index in [1.165, 1.54) is 17.4 Å². The second-order valence-corrected chi connectivity index (χ2v) is 5.58. The van der Waals surface area contributed by atoms with Gasteiger partial charge in [-0.3, -0.25) is 9.36 Å². The van der Waals surface area contributed by atoms with Gasteiger partial charge in [0.15, 0.2) is 17.2 Å². The van der Waals surface area contributed by atoms with Gasteiger partial charge in [0.05, 0.1) is 10.4 Å². The van der Waals surface area contributed by atoms with Crippen molar-refractivity contribution in [2.75, 3.05) is 0 Å². The fourth-order valence-electron chi connectivity index (χ4n) is 1.71. The number of benzene rings is 1. The molecule has 0 aliphatic rings. The number of aldehydes is 1. The molecule has 0 aliphatic carbocycles. The average molecular weight is 325 g/mol. The lowest BCUT2D eigenvalue weighted by Crippen LogP contribution is -1.96. The number of thiazole rings is 1. The van der Waals surface area contributed by atoms with Gasteiger partial charge in [-0.15, -0.1) is 0 Å². The smallest absolute Gasteiger partial charge is 0.195 e. The van der Waals surface area contributed by atoms with Crippen molar-refractivity contribution in [3.63, 3.8) is 0 Å². The Morgan fingerprint density at radius 3 is 3.06 bits per heavy atom. The predicted molar refractivity (Wildman–Crippen MR) is 72.0 cm³/mol. The molecule has 18 heavy (non-hydrogen) atoms. The zero-order chi connectivity index (χ0) is 12.7. The van der Waals surface area contributed by atoms with E-state index in [0.29, 0.717) is 20.8 Å². The van der Waals surface area contributed by atoms with Gasteiger partial charge in [0, 0.05) is 10.7 Å². The van der Waals surface area contributed by atoms with Crippen LogP contribution in [0.2, 0.25) is 0 Å². The zero-order valence-electron chi connectivity index (χ0n) is 8.93. The van der Waals surface area contributed by atoms with Crippen LogP contribution in [0, 0.1) is 5.82 Å². The Morgan fingerprint density at radius 2 is 2.28 bits per heavy atom. The van der Waals surface area contributed by atoms with Crippen molar-refractivity contribution in [3.8, 4) is 5.13 Å². The Balaban J connectivity index is 2.25. The first-order valence-electron chi connectivity index (χ1n) is 5.07. The maximum Gasteiger partial charge on any atom is 0.195 e. The largest absolute Gasteiger partial charge is 0.296 e. The molecule has 0 bridgehead atoms. The van der Waals surface area contributed by atoms with Crippen LogP contribution in [0.25, 0.3) is 15.3 Å². The average Bonchev–Trinajstić information content (AvgIpc) is 2.92. The number of nitrogens with zero attached hydrogens (tertiary/aromatic N) is 2. The van der Waals surface area contributed by atoms with Gasteiger partial charge in [-0.05, 0) is 24.3 Å². The van der Waals surface area contributed by atoms with E-state index < -0.39 is 0 Å². The van der Waals surface area contributed by atoms with Gasteiger partial charge >= 0.3 is 0 Å². The summed E-state index contributed by atoms with van der Waals surface area (Å²) in [6, 6.07) is 6.62. The first-order valence-corrected chi connectivity index (χ1v) is 6.68. The lowest BCUT2D eigenvalue weighted by Gasteiger charge is -1.97. The van der Waals surface area contributed by atoms with Crippen LogP contribution in [0.5, 0.6) is 0 Å². The molecule has 0 unspecified atom stereocenters. The molecule has 2 heterocycles. The highest BCUT2D eigenvalue weighted by Gasteiger charge is 2.12. The summed E-state index contributed by atoms with van der Waals surface area (Å²) in [4.78, 5) is 15.1. The van der Waals surface area contributed by atoms with E-state index in [0.717, 1.165) is 11.0 Å². The third-order valence-corrected chi connectivity index (χ3v) is 3.97. The van der Waals surface area contributed by atoms with Crippen molar-refractivity contribution >= 4 is 43.8 Å². The Hall–Kier alpha value is -1.53. The Kier molecular flexibility index (Phi) is 2.76. The molecule has 2 aromatic heterocycles. The fraction of sp³-hybridized carbons (Fsp3) is 0. The molecule has 0 aliphatic heterocycles. The third kappa shape index (κ3) is 1.77. The van der Waals surface area contributed by atoms with E-state index in [4.69, 9.17) is 0 Å². The summed E-state index contributed by atoms with van der Waals surface area (Å²) in [5, 5.41) is 0.578. The molecule has 3 aromatic rings. The summed E-state index contributed by atoms with van der Waals surface area (Å²) in [5.74, 6) is -0.373. The van der Waals surface area contributed by atoms with Crippen molar-refractivity contribution in [1.82, 2.24) is 9.55 Å². The van der Waals surface area contributed by atoms with Gasteiger partial charge in [0.25, 0.3) is 0 Å². The summed E-state index contributed by atoms with van der Waals surface area (Å²) >= 11 is 4.58. The third-order valence-electron chi connectivity index (χ3n) is 2.51. The molecule has 0 radical (unpaired) electrons. The van der Waals surface area contributed by atoms with Gasteiger partial charge in [-0.25, -0.2) is 9.37 Å². The van der Waals surface area contributed by atoms with Crippen molar-refractivity contribution < 1.29 is 9.18 Å². The van der Waals surface area contributed by atoms with Crippen molar-refractivity contribution in [3.05, 3.63) is 46.4 Å². The molecule has 90 valence electrons. The Morgan fingerprint density at radius 1 is 1.44 bits per heavy atom. The molecule has 6 heteroatoms. The van der Waals surface area contributed by atoms with Crippen LogP contribution in [0.3, 0.4) is 0 Å². The topological polar surface area (TPSA) is 34.9 Å². The van der Waals surface area contributed by atoms with Crippen LogP contribution in [-0.4, -0.2) is 15.8 Å². The molecule has 0 spiro atoms. The fourth-order valence-corrected chi connectivity index (χ4v) is 3.32. The van der Waals surface area contributed by atoms with Gasteiger partial charge in [0.1, 0.15) is 5.52 Å². The summed E-state index contributed by atoms with van der Waals surface area (Å²) in [7, 11) is 0. The molecule has 0 atom stereocenters. The van der Waals surface area contributed by atoms with Crippen LogP contribution in [-0.2, 0) is 0 Å². The van der Waals surface area contributed by atoms with Crippen molar-refractivity contribution in [1.29, 1.82) is 0 Å². The van der Waals surface area contributed by atoms with Crippen molar-refractivity contribution in [2.24, 2.45) is 0 Å². The first kappa shape index (κ1) is 11.6. The Labute approximate surface area is 114 Å². The predicted octanol–water partition coefficient (Wildman–Crippen LogP) is 3.80. The molecule has 0 amide bonds. The van der Waals surface area contributed by atoms with E-state index >= 15 is 0 Å². The van der Waals surface area contributed by atoms with E-state index in [2.05, 4.69) is 20.9 Å². The number of carbonyl (C=O) groups excluding carboxylic acids is 1. The molecule has 0 N–H and O–H groups in total. The van der Waals surface area contributed by atoms with Crippen LogP contribution < -0.4 is 0 Å². The monoisotopic (exact) mass is 324 g/mol. The quantitative estimate of drug-likeness (QED) is 0.672. The first-order chi connectivity index (χ1) is 8.69. The summed E-state index contributed by atoms with van der Waals surface area (Å²) in [5.41, 5.74) is 0.817. The molecular weight excluding hydrogens is 319 g/mol. The number of fused-ring (bicyclic) bond motifs is 1. The molecule has 3 nitrogen and oxygen atoms in total. The van der Waals surface area contributed by atoms with E-state index in [9.17, 15) is 9.18 Å². The van der Waals surface area contributed by atoms with E-state index in [1.807, 2.05) is 6.07 Å². The van der Waals surface area contributed by atoms with Crippen LogP contribution in [0.4, 0.5) is 4.39 Å². The molecular formula is C12H6BrFN2OS. The van der Waals surface area contributed by atoms with Gasteiger partial charge in [-0.1, -0.05) is 27.3 Å². The van der Waals surface area contributed by atoms with E-state index in [-0.39, 0.29) is 5.82 Å². The minimum Gasteiger partial charge on any atom is -0.296 e. The molecule has 0 saturated heterocycles. The zero-order valence-corrected chi connectivity index (χ0v) is 11.3. The SMILES string of the molecule is O=Cc1cccn1-c1nc2c(F)cc(Br)cc2s1. The van der Waals surface area contributed by atoms with Crippen LogP contribution in [0.1, 0.15) is 10.5 Å². The van der Waals surface area contributed by atoms with Gasteiger partial charge in [-0.2, -0.15) is 0 Å². The summed E-state index contributed by atoms with van der Waals surface area (Å²) in [6.07, 6.45) is 2.48. The molecule has 0 fully saturated rings. The number of hydrogen-bond donors (Lipinski definition) is 0. The molecule has 3 rings (SSSR count). The maximum absolute atomic E-state index is 13.7. The maximum atomic E-state index is 13.7. The highest BCUT2D eigenvalue weighted by Crippen LogP contribution is 2.30. The second kappa shape index (κ2) is 4.29.